The summed E-state index contributed by atoms with van der Waals surface area (Å²) in [6.07, 6.45) is 5.38. The van der Waals surface area contributed by atoms with E-state index in [2.05, 4.69) is 20.1 Å². The second kappa shape index (κ2) is 5.20. The van der Waals surface area contributed by atoms with Gasteiger partial charge in [-0.25, -0.2) is 9.67 Å². The third-order valence-electron chi connectivity index (χ3n) is 3.57. The summed E-state index contributed by atoms with van der Waals surface area (Å²) < 4.78 is 14.7. The normalized spacial score (nSPS) is 13.0. The summed E-state index contributed by atoms with van der Waals surface area (Å²) in [5.74, 6) is -0.930. The molecule has 0 N–H and O–H groups in total. The van der Waals surface area contributed by atoms with E-state index in [9.17, 15) is 9.18 Å². The second-order valence-electron chi connectivity index (χ2n) is 5.04. The molecule has 116 valence electrons. The third-order valence-corrected chi connectivity index (χ3v) is 3.57. The summed E-state index contributed by atoms with van der Waals surface area (Å²) in [5.41, 5.74) is 1.89. The molecule has 1 aliphatic rings. The van der Waals surface area contributed by atoms with Crippen molar-refractivity contribution >= 4 is 11.7 Å². The second-order valence-corrected chi connectivity index (χ2v) is 5.04. The minimum Gasteiger partial charge on any atom is -0.285 e. The van der Waals surface area contributed by atoms with Crippen molar-refractivity contribution in [1.29, 1.82) is 5.26 Å². The largest absolute Gasteiger partial charge is 0.285 e. The van der Waals surface area contributed by atoms with Crippen LogP contribution in [0, 0.1) is 17.3 Å². The predicted molar refractivity (Wildman–Crippen MR) is 78.6 cm³/mol. The molecular formula is C15H8FN7O. The summed E-state index contributed by atoms with van der Waals surface area (Å²) in [4.78, 5) is 25.1. The van der Waals surface area contributed by atoms with Crippen molar-refractivity contribution < 1.29 is 9.18 Å². The summed E-state index contributed by atoms with van der Waals surface area (Å²) in [6, 6.07) is 5.19. The van der Waals surface area contributed by atoms with E-state index in [1.807, 2.05) is 6.07 Å². The SMILES string of the molecule is N#Cc1ccc(-n2cc3c(n2)CN(c2cncc(F)n2)C3=O)cn1. The number of carbonyl (C=O) groups excluding carboxylic acids is 1. The lowest BCUT2D eigenvalue weighted by Crippen LogP contribution is -2.25. The van der Waals surface area contributed by atoms with Crippen LogP contribution in [0.5, 0.6) is 0 Å². The summed E-state index contributed by atoms with van der Waals surface area (Å²) >= 11 is 0. The molecular weight excluding hydrogens is 313 g/mol. The van der Waals surface area contributed by atoms with Gasteiger partial charge in [0.25, 0.3) is 5.91 Å². The maximum absolute atomic E-state index is 13.2. The van der Waals surface area contributed by atoms with Gasteiger partial charge in [0.1, 0.15) is 11.8 Å². The number of hydrogen-bond donors (Lipinski definition) is 0. The van der Waals surface area contributed by atoms with Crippen LogP contribution < -0.4 is 4.90 Å². The Labute approximate surface area is 134 Å². The monoisotopic (exact) mass is 321 g/mol. The molecule has 3 aromatic heterocycles. The number of nitrogens with zero attached hydrogens (tertiary/aromatic N) is 7. The number of anilines is 1. The van der Waals surface area contributed by atoms with Crippen LogP contribution in [-0.4, -0.2) is 30.6 Å². The van der Waals surface area contributed by atoms with Gasteiger partial charge in [0, 0.05) is 6.20 Å². The van der Waals surface area contributed by atoms with Crippen molar-refractivity contribution in [1.82, 2.24) is 24.7 Å². The van der Waals surface area contributed by atoms with Crippen LogP contribution in [0.4, 0.5) is 10.2 Å². The van der Waals surface area contributed by atoms with E-state index >= 15 is 0 Å². The first-order chi connectivity index (χ1) is 11.7. The highest BCUT2D eigenvalue weighted by molar-refractivity contribution is 6.09. The Kier molecular flexibility index (Phi) is 3.03. The van der Waals surface area contributed by atoms with E-state index in [1.165, 1.54) is 22.0 Å². The van der Waals surface area contributed by atoms with Gasteiger partial charge in [-0.2, -0.15) is 19.7 Å². The van der Waals surface area contributed by atoms with Crippen LogP contribution in [0.1, 0.15) is 21.7 Å². The summed E-state index contributed by atoms with van der Waals surface area (Å²) in [6.45, 7) is 0.184. The molecule has 9 heteroatoms. The molecule has 8 nitrogen and oxygen atoms in total. The van der Waals surface area contributed by atoms with Gasteiger partial charge in [-0.3, -0.25) is 14.7 Å². The molecule has 0 aliphatic carbocycles. The number of halogens is 1. The minimum absolute atomic E-state index is 0.143. The Hall–Kier alpha value is -3.67. The number of carbonyl (C=O) groups is 1. The molecule has 0 atom stereocenters. The third kappa shape index (κ3) is 2.17. The Morgan fingerprint density at radius 1 is 1.25 bits per heavy atom. The number of nitriles is 1. The molecule has 3 aromatic rings. The zero-order chi connectivity index (χ0) is 16.7. The molecule has 0 radical (unpaired) electrons. The highest BCUT2D eigenvalue weighted by atomic mass is 19.1. The van der Waals surface area contributed by atoms with Crippen LogP contribution in [0.25, 0.3) is 5.69 Å². The number of amides is 1. The van der Waals surface area contributed by atoms with Crippen molar-refractivity contribution in [2.45, 2.75) is 6.54 Å². The first-order valence-corrected chi connectivity index (χ1v) is 6.90. The molecule has 0 aromatic carbocycles. The van der Waals surface area contributed by atoms with Crippen molar-refractivity contribution in [3.05, 3.63) is 59.8 Å². The van der Waals surface area contributed by atoms with Gasteiger partial charge < -0.3 is 0 Å². The zero-order valence-electron chi connectivity index (χ0n) is 12.1. The van der Waals surface area contributed by atoms with Gasteiger partial charge in [0.05, 0.1) is 42.1 Å². The maximum Gasteiger partial charge on any atom is 0.263 e. The topological polar surface area (TPSA) is 101 Å². The van der Waals surface area contributed by atoms with Gasteiger partial charge in [-0.15, -0.1) is 0 Å². The van der Waals surface area contributed by atoms with E-state index in [0.29, 0.717) is 22.6 Å². The number of pyridine rings is 1. The van der Waals surface area contributed by atoms with E-state index in [4.69, 9.17) is 5.26 Å². The minimum atomic E-state index is -0.751. The van der Waals surface area contributed by atoms with E-state index in [0.717, 1.165) is 6.20 Å². The molecule has 0 saturated carbocycles. The van der Waals surface area contributed by atoms with Gasteiger partial charge in [0.15, 0.2) is 5.82 Å². The number of aromatic nitrogens is 5. The molecule has 0 unspecified atom stereocenters. The Morgan fingerprint density at radius 3 is 2.79 bits per heavy atom. The standard InChI is InChI=1S/C15H8FN7O/c16-13-5-18-6-14(20-13)22-8-12-11(15(22)24)7-23(21-12)10-2-1-9(3-17)19-4-10/h1-2,4-7H,8H2. The first-order valence-electron chi connectivity index (χ1n) is 6.90. The van der Waals surface area contributed by atoms with E-state index in [1.54, 1.807) is 18.3 Å². The average molecular weight is 321 g/mol. The molecule has 0 saturated heterocycles. The van der Waals surface area contributed by atoms with Gasteiger partial charge in [-0.1, -0.05) is 0 Å². The molecule has 0 bridgehead atoms. The van der Waals surface area contributed by atoms with Crippen molar-refractivity contribution in [3.8, 4) is 11.8 Å². The quantitative estimate of drug-likeness (QED) is 0.703. The lowest BCUT2D eigenvalue weighted by atomic mass is 10.3. The van der Waals surface area contributed by atoms with Gasteiger partial charge in [0.2, 0.25) is 5.95 Å². The van der Waals surface area contributed by atoms with Crippen LogP contribution in [0.2, 0.25) is 0 Å². The van der Waals surface area contributed by atoms with Gasteiger partial charge in [-0.05, 0) is 12.1 Å². The lowest BCUT2D eigenvalue weighted by Gasteiger charge is -2.13. The van der Waals surface area contributed by atoms with Crippen molar-refractivity contribution in [2.24, 2.45) is 0 Å². The molecule has 0 fully saturated rings. The first kappa shape index (κ1) is 14.0. The Balaban J connectivity index is 1.65. The lowest BCUT2D eigenvalue weighted by molar-refractivity contribution is 0.0995. The fraction of sp³-hybridized carbons (Fsp3) is 0.0667. The fourth-order valence-corrected chi connectivity index (χ4v) is 2.44. The van der Waals surface area contributed by atoms with Gasteiger partial charge >= 0.3 is 0 Å². The van der Waals surface area contributed by atoms with Crippen molar-refractivity contribution in [2.75, 3.05) is 4.90 Å². The maximum atomic E-state index is 13.2. The van der Waals surface area contributed by atoms with E-state index in [-0.39, 0.29) is 18.3 Å². The highest BCUT2D eigenvalue weighted by Gasteiger charge is 2.33. The van der Waals surface area contributed by atoms with Crippen LogP contribution in [0.3, 0.4) is 0 Å². The predicted octanol–water partition coefficient (Wildman–Crippen LogP) is 1.23. The average Bonchev–Trinajstić information content (AvgIpc) is 3.15. The van der Waals surface area contributed by atoms with Crippen LogP contribution >= 0.6 is 0 Å². The van der Waals surface area contributed by atoms with E-state index < -0.39 is 5.95 Å². The summed E-state index contributed by atoms with van der Waals surface area (Å²) in [5, 5.41) is 13.1. The van der Waals surface area contributed by atoms with Crippen molar-refractivity contribution in [3.63, 3.8) is 0 Å². The smallest absolute Gasteiger partial charge is 0.263 e. The molecule has 4 heterocycles. The Bertz CT molecular complexity index is 990. The number of hydrogen-bond acceptors (Lipinski definition) is 6. The number of fused-ring (bicyclic) bond motifs is 1. The number of rotatable bonds is 2. The molecule has 0 spiro atoms. The molecule has 1 amide bonds. The Morgan fingerprint density at radius 2 is 2.12 bits per heavy atom. The molecule has 1 aliphatic heterocycles. The van der Waals surface area contributed by atoms with Crippen LogP contribution in [-0.2, 0) is 6.54 Å². The van der Waals surface area contributed by atoms with Crippen LogP contribution in [0.15, 0.2) is 36.9 Å². The summed E-state index contributed by atoms with van der Waals surface area (Å²) in [7, 11) is 0. The highest BCUT2D eigenvalue weighted by Crippen LogP contribution is 2.26. The molecule has 4 rings (SSSR count). The fourth-order valence-electron chi connectivity index (χ4n) is 2.44. The molecule has 24 heavy (non-hydrogen) atoms. The zero-order valence-corrected chi connectivity index (χ0v) is 12.1.